The lowest BCUT2D eigenvalue weighted by atomic mass is 10.3. The number of aliphatic hydroxyl groups is 1. The monoisotopic (exact) mass is 271 g/mol. The number of aliphatic hydroxyl groups excluding tert-OH is 1. The summed E-state index contributed by atoms with van der Waals surface area (Å²) < 4.78 is 0. The van der Waals surface area contributed by atoms with Gasteiger partial charge in [-0.2, -0.15) is 17.0 Å². The van der Waals surface area contributed by atoms with E-state index in [1.54, 1.807) is 23.9 Å². The molecule has 0 aliphatic heterocycles. The molecule has 0 aliphatic carbocycles. The maximum absolute atomic E-state index is 8.76. The van der Waals surface area contributed by atoms with Gasteiger partial charge in [0.05, 0.1) is 5.02 Å². The van der Waals surface area contributed by atoms with Crippen molar-refractivity contribution in [1.29, 1.82) is 5.26 Å². The number of thioether (sulfide) groups is 1. The Morgan fingerprint density at radius 1 is 1.47 bits per heavy atom. The van der Waals surface area contributed by atoms with Crippen LogP contribution in [0.1, 0.15) is 12.1 Å². The van der Waals surface area contributed by atoms with Gasteiger partial charge in [0.1, 0.15) is 11.9 Å². The molecule has 0 aromatic carbocycles. The minimum atomic E-state index is 0.240. The summed E-state index contributed by atoms with van der Waals surface area (Å²) in [7, 11) is 0. The molecule has 0 atom stereocenters. The van der Waals surface area contributed by atoms with E-state index in [-0.39, 0.29) is 12.3 Å². The maximum Gasteiger partial charge on any atom is 0.161 e. The molecule has 0 saturated heterocycles. The predicted molar refractivity (Wildman–Crippen MR) is 71.5 cm³/mol. The van der Waals surface area contributed by atoms with Gasteiger partial charge in [-0.15, -0.1) is 0 Å². The van der Waals surface area contributed by atoms with Crippen molar-refractivity contribution in [3.05, 3.63) is 22.8 Å². The Morgan fingerprint density at radius 3 is 3.00 bits per heavy atom. The normalized spacial score (nSPS) is 9.94. The Kier molecular flexibility index (Phi) is 6.78. The molecule has 6 heteroatoms. The summed E-state index contributed by atoms with van der Waals surface area (Å²) in [5.74, 6) is 2.55. The van der Waals surface area contributed by atoms with Gasteiger partial charge in [0.25, 0.3) is 0 Å². The summed E-state index contributed by atoms with van der Waals surface area (Å²) in [5, 5.41) is 20.9. The van der Waals surface area contributed by atoms with Crippen LogP contribution in [0.15, 0.2) is 12.1 Å². The average Bonchev–Trinajstić information content (AvgIpc) is 2.35. The van der Waals surface area contributed by atoms with Crippen molar-refractivity contribution < 1.29 is 5.11 Å². The second-order valence-electron chi connectivity index (χ2n) is 3.26. The van der Waals surface area contributed by atoms with Gasteiger partial charge in [-0.25, -0.2) is 4.98 Å². The zero-order valence-corrected chi connectivity index (χ0v) is 10.9. The summed E-state index contributed by atoms with van der Waals surface area (Å²) in [6.07, 6.45) is 0.822. The molecule has 0 unspecified atom stereocenters. The quantitative estimate of drug-likeness (QED) is 0.744. The third kappa shape index (κ3) is 5.26. The van der Waals surface area contributed by atoms with Gasteiger partial charge in [-0.1, -0.05) is 11.6 Å². The highest BCUT2D eigenvalue weighted by Crippen LogP contribution is 2.15. The number of rotatable bonds is 7. The third-order valence-electron chi connectivity index (χ3n) is 1.95. The Morgan fingerprint density at radius 2 is 2.29 bits per heavy atom. The van der Waals surface area contributed by atoms with Crippen LogP contribution >= 0.6 is 23.4 Å². The van der Waals surface area contributed by atoms with Gasteiger partial charge in [0.2, 0.25) is 0 Å². The Bertz CT molecular complexity index is 395. The van der Waals surface area contributed by atoms with Crippen LogP contribution in [-0.2, 0) is 0 Å². The summed E-state index contributed by atoms with van der Waals surface area (Å²) in [6, 6.07) is 5.35. The smallest absolute Gasteiger partial charge is 0.161 e. The SMILES string of the molecule is N#Cc1nc(NCCSCCCO)ccc1Cl. The van der Waals surface area contributed by atoms with E-state index in [1.807, 2.05) is 6.07 Å². The van der Waals surface area contributed by atoms with Crippen LogP contribution in [0, 0.1) is 11.3 Å². The first-order valence-corrected chi connectivity index (χ1v) is 6.80. The topological polar surface area (TPSA) is 68.9 Å². The van der Waals surface area contributed by atoms with Crippen LogP contribution in [-0.4, -0.2) is 34.7 Å². The zero-order chi connectivity index (χ0) is 12.5. The van der Waals surface area contributed by atoms with Gasteiger partial charge in [0, 0.05) is 18.9 Å². The lowest BCUT2D eigenvalue weighted by Gasteiger charge is -2.05. The first-order valence-electron chi connectivity index (χ1n) is 5.27. The summed E-state index contributed by atoms with van der Waals surface area (Å²) >= 11 is 7.54. The van der Waals surface area contributed by atoms with Crippen molar-refractivity contribution in [1.82, 2.24) is 4.98 Å². The van der Waals surface area contributed by atoms with E-state index in [4.69, 9.17) is 22.0 Å². The first kappa shape index (κ1) is 14.1. The van der Waals surface area contributed by atoms with Gasteiger partial charge in [-0.05, 0) is 24.3 Å². The second-order valence-corrected chi connectivity index (χ2v) is 4.89. The van der Waals surface area contributed by atoms with Crippen molar-refractivity contribution in [2.45, 2.75) is 6.42 Å². The number of halogens is 1. The van der Waals surface area contributed by atoms with Crippen molar-refractivity contribution in [3.8, 4) is 6.07 Å². The third-order valence-corrected chi connectivity index (χ3v) is 3.33. The second kappa shape index (κ2) is 8.18. The van der Waals surface area contributed by atoms with Crippen molar-refractivity contribution in [3.63, 3.8) is 0 Å². The fourth-order valence-electron chi connectivity index (χ4n) is 1.14. The zero-order valence-electron chi connectivity index (χ0n) is 9.32. The summed E-state index contributed by atoms with van der Waals surface area (Å²) in [4.78, 5) is 4.07. The van der Waals surface area contributed by atoms with E-state index in [1.165, 1.54) is 0 Å². The molecule has 0 radical (unpaired) electrons. The number of anilines is 1. The van der Waals surface area contributed by atoms with Gasteiger partial charge < -0.3 is 10.4 Å². The molecule has 17 heavy (non-hydrogen) atoms. The molecular formula is C11H14ClN3OS. The standard InChI is InChI=1S/C11H14ClN3OS/c12-9-2-3-11(15-10(9)8-13)14-4-7-17-6-1-5-16/h2-3,16H,1,4-7H2,(H,14,15). The highest BCUT2D eigenvalue weighted by Gasteiger charge is 2.02. The van der Waals surface area contributed by atoms with Gasteiger partial charge in [0.15, 0.2) is 5.69 Å². The van der Waals surface area contributed by atoms with E-state index in [2.05, 4.69) is 10.3 Å². The van der Waals surface area contributed by atoms with Gasteiger partial charge in [-0.3, -0.25) is 0 Å². The number of nitrogens with one attached hydrogen (secondary N) is 1. The molecule has 2 N–H and O–H groups in total. The number of nitriles is 1. The summed E-state index contributed by atoms with van der Waals surface area (Å²) in [6.45, 7) is 1.01. The minimum Gasteiger partial charge on any atom is -0.396 e. The van der Waals surface area contributed by atoms with E-state index in [9.17, 15) is 0 Å². The molecule has 0 fully saturated rings. The Balaban J connectivity index is 2.30. The van der Waals surface area contributed by atoms with Crippen LogP contribution in [0.3, 0.4) is 0 Å². The fraction of sp³-hybridized carbons (Fsp3) is 0.455. The van der Waals surface area contributed by atoms with Crippen LogP contribution in [0.4, 0.5) is 5.82 Å². The van der Waals surface area contributed by atoms with Crippen molar-refractivity contribution in [2.75, 3.05) is 30.0 Å². The fourth-order valence-corrected chi connectivity index (χ4v) is 2.07. The van der Waals surface area contributed by atoms with E-state index in [0.717, 1.165) is 24.5 Å². The highest BCUT2D eigenvalue weighted by molar-refractivity contribution is 7.99. The average molecular weight is 272 g/mol. The molecule has 1 heterocycles. The number of hydrogen-bond acceptors (Lipinski definition) is 5. The molecule has 1 aromatic rings. The van der Waals surface area contributed by atoms with E-state index >= 15 is 0 Å². The van der Waals surface area contributed by atoms with E-state index < -0.39 is 0 Å². The first-order chi connectivity index (χ1) is 8.27. The molecule has 1 aromatic heterocycles. The molecular weight excluding hydrogens is 258 g/mol. The van der Waals surface area contributed by atoms with Crippen LogP contribution in [0.25, 0.3) is 0 Å². The molecule has 1 rings (SSSR count). The van der Waals surface area contributed by atoms with Crippen LogP contribution in [0.5, 0.6) is 0 Å². The molecule has 0 saturated carbocycles. The molecule has 92 valence electrons. The van der Waals surface area contributed by atoms with Crippen molar-refractivity contribution >= 4 is 29.2 Å². The lowest BCUT2D eigenvalue weighted by Crippen LogP contribution is -2.06. The molecule has 0 spiro atoms. The number of pyridine rings is 1. The Labute approximate surface area is 110 Å². The minimum absolute atomic E-state index is 0.240. The lowest BCUT2D eigenvalue weighted by molar-refractivity contribution is 0.296. The van der Waals surface area contributed by atoms with E-state index in [0.29, 0.717) is 10.8 Å². The van der Waals surface area contributed by atoms with Crippen LogP contribution < -0.4 is 5.32 Å². The largest absolute Gasteiger partial charge is 0.396 e. The predicted octanol–water partition coefficient (Wildman–Crippen LogP) is 2.13. The number of aromatic nitrogens is 1. The highest BCUT2D eigenvalue weighted by atomic mass is 35.5. The molecule has 4 nitrogen and oxygen atoms in total. The van der Waals surface area contributed by atoms with Gasteiger partial charge >= 0.3 is 0 Å². The van der Waals surface area contributed by atoms with Crippen LogP contribution in [0.2, 0.25) is 5.02 Å². The maximum atomic E-state index is 8.76. The molecule has 0 bridgehead atoms. The summed E-state index contributed by atoms with van der Waals surface area (Å²) in [5.41, 5.74) is 0.240. The Hall–Kier alpha value is -0.960. The molecule has 0 aliphatic rings. The number of nitrogens with zero attached hydrogens (tertiary/aromatic N) is 2. The van der Waals surface area contributed by atoms with Crippen molar-refractivity contribution in [2.24, 2.45) is 0 Å². The number of hydrogen-bond donors (Lipinski definition) is 2. The molecule has 0 amide bonds.